The Labute approximate surface area is 127 Å². The topological polar surface area (TPSA) is 77.2 Å². The molecule has 1 amide bonds. The Kier molecular flexibility index (Phi) is 3.37. The van der Waals surface area contributed by atoms with Crippen molar-refractivity contribution in [2.75, 3.05) is 14.2 Å². The van der Waals surface area contributed by atoms with Gasteiger partial charge in [0.25, 0.3) is 5.91 Å². The first-order chi connectivity index (χ1) is 10.5. The van der Waals surface area contributed by atoms with E-state index in [2.05, 4.69) is 15.6 Å². The fourth-order valence-corrected chi connectivity index (χ4v) is 2.56. The van der Waals surface area contributed by atoms with Gasteiger partial charge in [-0.05, 0) is 26.0 Å². The smallest absolute Gasteiger partial charge is 0.251 e. The quantitative estimate of drug-likeness (QED) is 0.925. The van der Waals surface area contributed by atoms with E-state index in [4.69, 9.17) is 9.47 Å². The molecule has 7 heteroatoms. The highest BCUT2D eigenvalue weighted by atomic mass is 16.5. The van der Waals surface area contributed by atoms with Crippen LogP contribution in [0.15, 0.2) is 23.3 Å². The van der Waals surface area contributed by atoms with Gasteiger partial charge in [0.05, 0.1) is 36.1 Å². The van der Waals surface area contributed by atoms with Crippen molar-refractivity contribution in [2.45, 2.75) is 20.5 Å². The Morgan fingerprint density at radius 1 is 1.32 bits per heavy atom. The number of nitrogens with one attached hydrogen (secondary N) is 1. The number of aromatic nitrogens is 2. The number of nitrogens with zero attached hydrogens (tertiary/aromatic N) is 3. The molecule has 0 radical (unpaired) electrons. The molecular formula is C15H18N4O3. The summed E-state index contributed by atoms with van der Waals surface area (Å²) in [4.78, 5) is 12.0. The zero-order valence-electron chi connectivity index (χ0n) is 13.0. The first-order valence-corrected chi connectivity index (χ1v) is 6.92. The van der Waals surface area contributed by atoms with Crippen LogP contribution in [0, 0.1) is 5.41 Å². The number of amides is 1. The minimum Gasteiger partial charge on any atom is -0.481 e. The van der Waals surface area contributed by atoms with Gasteiger partial charge in [-0.3, -0.25) is 4.79 Å². The number of hydrogen-bond acceptors (Lipinski definition) is 5. The van der Waals surface area contributed by atoms with Crippen molar-refractivity contribution < 1.29 is 14.3 Å². The average Bonchev–Trinajstić information content (AvgIpc) is 3.01. The molecule has 3 heterocycles. The van der Waals surface area contributed by atoms with Gasteiger partial charge in [0, 0.05) is 18.7 Å². The Morgan fingerprint density at radius 3 is 2.68 bits per heavy atom. The van der Waals surface area contributed by atoms with Crippen LogP contribution >= 0.6 is 0 Å². The van der Waals surface area contributed by atoms with Crippen LogP contribution in [0.5, 0.6) is 5.88 Å². The zero-order chi connectivity index (χ0) is 15.9. The summed E-state index contributed by atoms with van der Waals surface area (Å²) in [5.41, 5.74) is 5.00. The maximum Gasteiger partial charge on any atom is 0.251 e. The summed E-state index contributed by atoms with van der Waals surface area (Å²) < 4.78 is 12.2. The monoisotopic (exact) mass is 302 g/mol. The summed E-state index contributed by atoms with van der Waals surface area (Å²) in [6.07, 6.45) is 0. The van der Waals surface area contributed by atoms with E-state index in [-0.39, 0.29) is 5.91 Å². The molecule has 0 aliphatic carbocycles. The molecule has 0 bridgehead atoms. The summed E-state index contributed by atoms with van der Waals surface area (Å²) in [5, 5.41) is 8.68. The van der Waals surface area contributed by atoms with E-state index in [1.807, 2.05) is 32.0 Å². The zero-order valence-corrected chi connectivity index (χ0v) is 13.0. The predicted molar refractivity (Wildman–Crippen MR) is 80.9 cm³/mol. The molecule has 2 aromatic heterocycles. The van der Waals surface area contributed by atoms with Crippen molar-refractivity contribution in [1.29, 1.82) is 0 Å². The lowest BCUT2D eigenvalue weighted by Crippen LogP contribution is -2.32. The second-order valence-electron chi connectivity index (χ2n) is 5.68. The molecule has 1 aliphatic rings. The number of pyridine rings is 1. The molecule has 0 spiro atoms. The molecule has 116 valence electrons. The lowest BCUT2D eigenvalue weighted by atomic mass is 9.83. The van der Waals surface area contributed by atoms with Gasteiger partial charge < -0.3 is 9.47 Å². The number of ether oxygens (including phenoxy) is 2. The lowest BCUT2D eigenvalue weighted by Gasteiger charge is -2.17. The lowest BCUT2D eigenvalue weighted by molar-refractivity contribution is -0.125. The number of rotatable bonds is 4. The standard InChI is InChI=1S/C15H18N4O3/c1-15(2)13(16-17-14(15)20)10-5-6-12(22-4)19-11(10)7-9(18-19)8-21-3/h5-7H,8H2,1-4H3,(H,17,20). The van der Waals surface area contributed by atoms with Gasteiger partial charge in [0.2, 0.25) is 5.88 Å². The predicted octanol–water partition coefficient (Wildman–Crippen LogP) is 1.35. The van der Waals surface area contributed by atoms with Crippen LogP contribution in [0.2, 0.25) is 0 Å². The van der Waals surface area contributed by atoms with Crippen LogP contribution in [0.3, 0.4) is 0 Å². The molecule has 2 aromatic rings. The Morgan fingerprint density at radius 2 is 2.09 bits per heavy atom. The van der Waals surface area contributed by atoms with Crippen molar-refractivity contribution >= 4 is 17.1 Å². The third kappa shape index (κ3) is 2.05. The molecule has 0 saturated carbocycles. The molecule has 0 atom stereocenters. The molecule has 0 fully saturated rings. The first kappa shape index (κ1) is 14.5. The van der Waals surface area contributed by atoms with Crippen LogP contribution in [0.1, 0.15) is 25.1 Å². The molecule has 7 nitrogen and oxygen atoms in total. The maximum absolute atomic E-state index is 12.0. The highest BCUT2D eigenvalue weighted by Crippen LogP contribution is 2.31. The minimum absolute atomic E-state index is 0.118. The third-order valence-electron chi connectivity index (χ3n) is 3.82. The van der Waals surface area contributed by atoms with Crippen molar-refractivity contribution in [1.82, 2.24) is 15.0 Å². The van der Waals surface area contributed by atoms with Crippen molar-refractivity contribution in [3.05, 3.63) is 29.5 Å². The van der Waals surface area contributed by atoms with E-state index in [1.54, 1.807) is 18.7 Å². The molecule has 22 heavy (non-hydrogen) atoms. The molecule has 1 aliphatic heterocycles. The first-order valence-electron chi connectivity index (χ1n) is 6.92. The van der Waals surface area contributed by atoms with E-state index in [0.717, 1.165) is 16.8 Å². The van der Waals surface area contributed by atoms with Crippen molar-refractivity contribution in [3.8, 4) is 5.88 Å². The summed E-state index contributed by atoms with van der Waals surface area (Å²) in [5.74, 6) is 0.491. The van der Waals surface area contributed by atoms with Crippen LogP contribution in [-0.2, 0) is 16.1 Å². The molecule has 0 aromatic carbocycles. The number of hydrazone groups is 1. The summed E-state index contributed by atoms with van der Waals surface area (Å²) in [6.45, 7) is 4.10. The number of carbonyl (C=O) groups excluding carboxylic acids is 1. The van der Waals surface area contributed by atoms with Crippen LogP contribution < -0.4 is 10.2 Å². The Bertz CT molecular complexity index is 776. The van der Waals surface area contributed by atoms with E-state index in [1.165, 1.54) is 0 Å². The molecule has 0 unspecified atom stereocenters. The van der Waals surface area contributed by atoms with E-state index < -0.39 is 5.41 Å². The Hall–Kier alpha value is -2.41. The van der Waals surface area contributed by atoms with Gasteiger partial charge in [-0.15, -0.1) is 0 Å². The normalized spacial score (nSPS) is 16.7. The van der Waals surface area contributed by atoms with Gasteiger partial charge in [0.1, 0.15) is 0 Å². The largest absolute Gasteiger partial charge is 0.481 e. The molecular weight excluding hydrogens is 284 g/mol. The van der Waals surface area contributed by atoms with Gasteiger partial charge in [-0.2, -0.15) is 10.2 Å². The maximum atomic E-state index is 12.0. The number of hydrogen-bond donors (Lipinski definition) is 1. The van der Waals surface area contributed by atoms with Crippen molar-refractivity contribution in [3.63, 3.8) is 0 Å². The molecule has 3 rings (SSSR count). The Balaban J connectivity index is 2.21. The van der Waals surface area contributed by atoms with Gasteiger partial charge >= 0.3 is 0 Å². The number of fused-ring (bicyclic) bond motifs is 1. The fourth-order valence-electron chi connectivity index (χ4n) is 2.56. The van der Waals surface area contributed by atoms with Crippen LogP contribution in [0.25, 0.3) is 5.52 Å². The highest BCUT2D eigenvalue weighted by molar-refractivity contribution is 6.21. The minimum atomic E-state index is -0.694. The average molecular weight is 302 g/mol. The fraction of sp³-hybridized carbons (Fsp3) is 0.400. The number of methoxy groups -OCH3 is 2. The third-order valence-corrected chi connectivity index (χ3v) is 3.82. The highest BCUT2D eigenvalue weighted by Gasteiger charge is 2.40. The number of carbonyl (C=O) groups is 1. The van der Waals surface area contributed by atoms with Crippen LogP contribution in [-0.4, -0.2) is 35.5 Å². The van der Waals surface area contributed by atoms with Gasteiger partial charge in [-0.25, -0.2) is 9.94 Å². The summed E-state index contributed by atoms with van der Waals surface area (Å²) >= 11 is 0. The van der Waals surface area contributed by atoms with Crippen LogP contribution in [0.4, 0.5) is 0 Å². The van der Waals surface area contributed by atoms with E-state index >= 15 is 0 Å². The second kappa shape index (κ2) is 5.10. The SMILES string of the molecule is COCc1cc2c(C3=NNC(=O)C3(C)C)ccc(OC)n2n1. The summed E-state index contributed by atoms with van der Waals surface area (Å²) in [6, 6.07) is 5.63. The van der Waals surface area contributed by atoms with Gasteiger partial charge in [-0.1, -0.05) is 0 Å². The second-order valence-corrected chi connectivity index (χ2v) is 5.68. The van der Waals surface area contributed by atoms with Crippen molar-refractivity contribution in [2.24, 2.45) is 10.5 Å². The van der Waals surface area contributed by atoms with E-state index in [9.17, 15) is 4.79 Å². The van der Waals surface area contributed by atoms with E-state index in [0.29, 0.717) is 18.2 Å². The molecule has 0 saturated heterocycles. The van der Waals surface area contributed by atoms with Gasteiger partial charge in [0.15, 0.2) is 0 Å². The molecule has 1 N–H and O–H groups in total. The summed E-state index contributed by atoms with van der Waals surface area (Å²) in [7, 11) is 3.21.